The van der Waals surface area contributed by atoms with Gasteiger partial charge in [-0.1, -0.05) is 76.9 Å². The predicted molar refractivity (Wildman–Crippen MR) is 118 cm³/mol. The van der Waals surface area contributed by atoms with Crippen LogP contribution in [-0.2, 0) is 4.84 Å². The fraction of sp³-hybridized carbons (Fsp3) is 0.167. The molecule has 0 spiro atoms. The van der Waals surface area contributed by atoms with Gasteiger partial charge >= 0.3 is 0 Å². The molecular formula is C24H20ClN3O. The lowest BCUT2D eigenvalue weighted by Crippen LogP contribution is -2.34. The summed E-state index contributed by atoms with van der Waals surface area (Å²) in [5.41, 5.74) is 6.21. The molecular weight excluding hydrogens is 382 g/mol. The van der Waals surface area contributed by atoms with Gasteiger partial charge < -0.3 is 9.74 Å². The van der Waals surface area contributed by atoms with E-state index in [4.69, 9.17) is 21.4 Å². The van der Waals surface area contributed by atoms with Crippen molar-refractivity contribution in [1.82, 2.24) is 0 Å². The fourth-order valence-corrected chi connectivity index (χ4v) is 4.06. The number of likely N-dealkylation sites (N-methyl/N-ethyl adjacent to an activating group) is 1. The van der Waals surface area contributed by atoms with Crippen molar-refractivity contribution >= 4 is 28.8 Å². The highest BCUT2D eigenvalue weighted by Crippen LogP contribution is 2.38. The molecule has 2 heterocycles. The van der Waals surface area contributed by atoms with Crippen molar-refractivity contribution in [1.29, 1.82) is 0 Å². The first-order valence-corrected chi connectivity index (χ1v) is 9.97. The van der Waals surface area contributed by atoms with Crippen molar-refractivity contribution in [2.24, 2.45) is 10.1 Å². The number of anilines is 1. The van der Waals surface area contributed by atoms with Crippen molar-refractivity contribution in [3.63, 3.8) is 0 Å². The van der Waals surface area contributed by atoms with Crippen LogP contribution >= 0.6 is 11.6 Å². The van der Waals surface area contributed by atoms with E-state index in [-0.39, 0.29) is 12.1 Å². The summed E-state index contributed by atoms with van der Waals surface area (Å²) in [5, 5.41) is 5.11. The lowest BCUT2D eigenvalue weighted by atomic mass is 9.99. The summed E-state index contributed by atoms with van der Waals surface area (Å²) in [7, 11) is 2.00. The maximum atomic E-state index is 6.36. The summed E-state index contributed by atoms with van der Waals surface area (Å²) in [6, 6.07) is 24.2. The highest BCUT2D eigenvalue weighted by molar-refractivity contribution is 6.32. The molecule has 5 heteroatoms. The SMILES string of the molecule is Cc1ccc(C2ON=C3C2N=C(c2ccccc2)c2cc(Cl)ccc2N3C)cc1. The molecule has 0 saturated heterocycles. The summed E-state index contributed by atoms with van der Waals surface area (Å²) >= 11 is 6.36. The molecule has 2 aliphatic rings. The van der Waals surface area contributed by atoms with E-state index in [0.29, 0.717) is 5.02 Å². The molecule has 0 radical (unpaired) electrons. The van der Waals surface area contributed by atoms with Gasteiger partial charge in [-0.25, -0.2) is 0 Å². The van der Waals surface area contributed by atoms with E-state index in [1.54, 1.807) is 0 Å². The second-order valence-corrected chi connectivity index (χ2v) is 7.83. The van der Waals surface area contributed by atoms with Crippen LogP contribution in [0.4, 0.5) is 5.69 Å². The minimum Gasteiger partial charge on any atom is -0.383 e. The highest BCUT2D eigenvalue weighted by atomic mass is 35.5. The van der Waals surface area contributed by atoms with Crippen LogP contribution in [0, 0.1) is 6.92 Å². The third-order valence-electron chi connectivity index (χ3n) is 5.45. The van der Waals surface area contributed by atoms with Crippen LogP contribution in [0.25, 0.3) is 0 Å². The Balaban J connectivity index is 1.69. The van der Waals surface area contributed by atoms with Crippen molar-refractivity contribution in [2.45, 2.75) is 19.1 Å². The lowest BCUT2D eigenvalue weighted by molar-refractivity contribution is 0.0777. The topological polar surface area (TPSA) is 37.2 Å². The molecule has 3 aromatic rings. The molecule has 29 heavy (non-hydrogen) atoms. The lowest BCUT2D eigenvalue weighted by Gasteiger charge is -2.21. The van der Waals surface area contributed by atoms with E-state index < -0.39 is 0 Å². The Bertz CT molecular complexity index is 1120. The average molecular weight is 402 g/mol. The highest BCUT2D eigenvalue weighted by Gasteiger charge is 2.40. The third-order valence-corrected chi connectivity index (χ3v) is 5.69. The molecule has 0 aromatic heterocycles. The third kappa shape index (κ3) is 3.10. The Morgan fingerprint density at radius 2 is 1.72 bits per heavy atom. The molecule has 5 rings (SSSR count). The number of halogens is 1. The molecule has 2 aliphatic heterocycles. The van der Waals surface area contributed by atoms with Crippen LogP contribution in [0.2, 0.25) is 5.02 Å². The minimum absolute atomic E-state index is 0.246. The number of amidine groups is 1. The average Bonchev–Trinajstić information content (AvgIpc) is 3.11. The number of oxime groups is 1. The van der Waals surface area contributed by atoms with Crippen molar-refractivity contribution < 1.29 is 4.84 Å². The minimum atomic E-state index is -0.267. The second kappa shape index (κ2) is 7.05. The van der Waals surface area contributed by atoms with Crippen LogP contribution in [0.3, 0.4) is 0 Å². The molecule has 0 amide bonds. The van der Waals surface area contributed by atoms with Crippen LogP contribution in [0.5, 0.6) is 0 Å². The number of hydrogen-bond acceptors (Lipinski definition) is 4. The van der Waals surface area contributed by atoms with Crippen LogP contribution < -0.4 is 4.90 Å². The Hall–Kier alpha value is -3.11. The van der Waals surface area contributed by atoms with Gasteiger partial charge in [0, 0.05) is 23.2 Å². The number of benzene rings is 3. The van der Waals surface area contributed by atoms with E-state index in [2.05, 4.69) is 53.4 Å². The van der Waals surface area contributed by atoms with Gasteiger partial charge in [-0.05, 0) is 30.7 Å². The maximum absolute atomic E-state index is 6.36. The predicted octanol–water partition coefficient (Wildman–Crippen LogP) is 5.39. The maximum Gasteiger partial charge on any atom is 0.182 e. The zero-order valence-corrected chi connectivity index (χ0v) is 17.0. The second-order valence-electron chi connectivity index (χ2n) is 7.40. The number of hydrogen-bond donors (Lipinski definition) is 0. The van der Waals surface area contributed by atoms with E-state index in [0.717, 1.165) is 33.9 Å². The Morgan fingerprint density at radius 1 is 0.966 bits per heavy atom. The first kappa shape index (κ1) is 18.0. The molecule has 3 aromatic carbocycles. The van der Waals surface area contributed by atoms with Gasteiger partial charge in [0.05, 0.1) is 11.4 Å². The van der Waals surface area contributed by atoms with Crippen LogP contribution in [-0.4, -0.2) is 24.6 Å². The molecule has 2 atom stereocenters. The molecule has 144 valence electrons. The quantitative estimate of drug-likeness (QED) is 0.577. The van der Waals surface area contributed by atoms with Gasteiger partial charge in [-0.15, -0.1) is 0 Å². The van der Waals surface area contributed by atoms with Crippen molar-refractivity contribution in [3.8, 4) is 0 Å². The van der Waals surface area contributed by atoms with Gasteiger partial charge in [-0.3, -0.25) is 4.99 Å². The Kier molecular flexibility index (Phi) is 4.36. The van der Waals surface area contributed by atoms with E-state index >= 15 is 0 Å². The number of aliphatic imine (C=N–C) groups is 1. The zero-order valence-electron chi connectivity index (χ0n) is 16.2. The summed E-state index contributed by atoms with van der Waals surface area (Å²) < 4.78 is 0. The monoisotopic (exact) mass is 401 g/mol. The van der Waals surface area contributed by atoms with Gasteiger partial charge in [0.25, 0.3) is 0 Å². The summed E-state index contributed by atoms with van der Waals surface area (Å²) in [6.45, 7) is 2.08. The van der Waals surface area contributed by atoms with E-state index in [9.17, 15) is 0 Å². The number of nitrogens with zero attached hydrogens (tertiary/aromatic N) is 3. The molecule has 0 saturated carbocycles. The number of fused-ring (bicyclic) bond motifs is 2. The molecule has 0 aliphatic carbocycles. The normalized spacial score (nSPS) is 20.2. The first-order valence-electron chi connectivity index (χ1n) is 9.59. The van der Waals surface area contributed by atoms with E-state index in [1.807, 2.05) is 43.4 Å². The first-order chi connectivity index (χ1) is 14.1. The zero-order chi connectivity index (χ0) is 20.0. The van der Waals surface area contributed by atoms with Crippen LogP contribution in [0.1, 0.15) is 28.4 Å². The van der Waals surface area contributed by atoms with Gasteiger partial charge in [0.2, 0.25) is 0 Å². The number of rotatable bonds is 2. The molecule has 0 N–H and O–H groups in total. The number of aryl methyl sites for hydroxylation is 1. The largest absolute Gasteiger partial charge is 0.383 e. The van der Waals surface area contributed by atoms with E-state index in [1.165, 1.54) is 5.56 Å². The smallest absolute Gasteiger partial charge is 0.182 e. The Morgan fingerprint density at radius 3 is 2.48 bits per heavy atom. The van der Waals surface area contributed by atoms with Crippen LogP contribution in [0.15, 0.2) is 82.9 Å². The molecule has 0 bridgehead atoms. The molecule has 0 fully saturated rings. The summed E-state index contributed by atoms with van der Waals surface area (Å²) in [6.07, 6.45) is -0.267. The van der Waals surface area contributed by atoms with Gasteiger partial charge in [0.15, 0.2) is 18.0 Å². The van der Waals surface area contributed by atoms with Crippen molar-refractivity contribution in [3.05, 3.63) is 100 Å². The van der Waals surface area contributed by atoms with Gasteiger partial charge in [-0.2, -0.15) is 0 Å². The molecule has 2 unspecified atom stereocenters. The van der Waals surface area contributed by atoms with Gasteiger partial charge in [0.1, 0.15) is 0 Å². The summed E-state index contributed by atoms with van der Waals surface area (Å²) in [4.78, 5) is 13.1. The Labute approximate surface area is 175 Å². The summed E-state index contributed by atoms with van der Waals surface area (Å²) in [5.74, 6) is 0.796. The standard InChI is InChI=1S/C24H20ClN3O/c1-15-8-10-17(11-9-15)23-22-24(27-29-23)28(2)20-13-12-18(25)14-19(20)21(26-22)16-6-4-3-5-7-16/h3-14,22-23H,1-2H3. The fourth-order valence-electron chi connectivity index (χ4n) is 3.89. The van der Waals surface area contributed by atoms with Crippen molar-refractivity contribution in [2.75, 3.05) is 11.9 Å². The molecule has 4 nitrogen and oxygen atoms in total.